The first-order chi connectivity index (χ1) is 9.63. The molecule has 4 nitrogen and oxygen atoms in total. The van der Waals surface area contributed by atoms with E-state index in [-0.39, 0.29) is 17.6 Å². The average molecular weight is 282 g/mol. The van der Waals surface area contributed by atoms with Crippen molar-refractivity contribution >= 4 is 5.91 Å². The Kier molecular flexibility index (Phi) is 7.84. The number of methoxy groups -OCH3 is 1. The fourth-order valence-electron chi connectivity index (χ4n) is 1.85. The third kappa shape index (κ3) is 6.63. The Morgan fingerprint density at radius 2 is 1.95 bits per heavy atom. The summed E-state index contributed by atoms with van der Waals surface area (Å²) in [5, 5.41) is 6.01. The van der Waals surface area contributed by atoms with Crippen LogP contribution in [0.2, 0.25) is 0 Å². The van der Waals surface area contributed by atoms with Crippen molar-refractivity contribution in [2.45, 2.75) is 19.3 Å². The SMILES string of the molecule is COCCNCCNC(=O)CC(C)c1ccc(F)cc1. The predicted octanol–water partition coefficient (Wildman–Crippen LogP) is 1.67. The maximum Gasteiger partial charge on any atom is 0.220 e. The summed E-state index contributed by atoms with van der Waals surface area (Å²) in [6, 6.07) is 6.28. The average Bonchev–Trinajstić information content (AvgIpc) is 2.43. The largest absolute Gasteiger partial charge is 0.383 e. The summed E-state index contributed by atoms with van der Waals surface area (Å²) in [5.74, 6) is -0.167. The highest BCUT2D eigenvalue weighted by Gasteiger charge is 2.10. The van der Waals surface area contributed by atoms with Crippen LogP contribution in [0.5, 0.6) is 0 Å². The lowest BCUT2D eigenvalue weighted by molar-refractivity contribution is -0.121. The van der Waals surface area contributed by atoms with Gasteiger partial charge in [-0.1, -0.05) is 19.1 Å². The Balaban J connectivity index is 2.19. The number of rotatable bonds is 9. The van der Waals surface area contributed by atoms with Gasteiger partial charge in [0.2, 0.25) is 5.91 Å². The second-order valence-electron chi connectivity index (χ2n) is 4.75. The maximum absolute atomic E-state index is 12.8. The van der Waals surface area contributed by atoms with Gasteiger partial charge in [0.1, 0.15) is 5.82 Å². The van der Waals surface area contributed by atoms with Crippen molar-refractivity contribution in [3.63, 3.8) is 0 Å². The number of hydrogen-bond donors (Lipinski definition) is 2. The third-order valence-electron chi connectivity index (χ3n) is 3.04. The summed E-state index contributed by atoms with van der Waals surface area (Å²) in [5.41, 5.74) is 0.972. The van der Waals surface area contributed by atoms with Crippen LogP contribution >= 0.6 is 0 Å². The number of ether oxygens (including phenoxy) is 1. The van der Waals surface area contributed by atoms with Gasteiger partial charge in [0.25, 0.3) is 0 Å². The number of carbonyl (C=O) groups excluding carboxylic acids is 1. The molecule has 1 atom stereocenters. The van der Waals surface area contributed by atoms with Gasteiger partial charge in [0.15, 0.2) is 0 Å². The van der Waals surface area contributed by atoms with Crippen LogP contribution in [-0.2, 0) is 9.53 Å². The summed E-state index contributed by atoms with van der Waals surface area (Å²) >= 11 is 0. The summed E-state index contributed by atoms with van der Waals surface area (Å²) < 4.78 is 17.7. The normalized spacial score (nSPS) is 12.2. The van der Waals surface area contributed by atoms with Gasteiger partial charge in [-0.2, -0.15) is 0 Å². The van der Waals surface area contributed by atoms with E-state index in [1.807, 2.05) is 6.92 Å². The molecular weight excluding hydrogens is 259 g/mol. The molecule has 0 bridgehead atoms. The molecule has 1 amide bonds. The van der Waals surface area contributed by atoms with Crippen molar-refractivity contribution in [3.8, 4) is 0 Å². The number of amides is 1. The van der Waals surface area contributed by atoms with E-state index < -0.39 is 0 Å². The molecule has 1 unspecified atom stereocenters. The molecule has 112 valence electrons. The molecule has 0 spiro atoms. The Bertz CT molecular complexity index is 395. The summed E-state index contributed by atoms with van der Waals surface area (Å²) in [7, 11) is 1.65. The summed E-state index contributed by atoms with van der Waals surface area (Å²) in [6.07, 6.45) is 0.406. The van der Waals surface area contributed by atoms with E-state index in [0.717, 1.165) is 18.7 Å². The molecule has 0 aliphatic rings. The first kappa shape index (κ1) is 16.6. The molecule has 0 radical (unpaired) electrons. The zero-order valence-electron chi connectivity index (χ0n) is 12.1. The molecule has 1 rings (SSSR count). The second kappa shape index (κ2) is 9.44. The van der Waals surface area contributed by atoms with Crippen LogP contribution in [0.3, 0.4) is 0 Å². The zero-order chi connectivity index (χ0) is 14.8. The molecule has 0 saturated carbocycles. The lowest BCUT2D eigenvalue weighted by Crippen LogP contribution is -2.33. The minimum atomic E-state index is -0.257. The van der Waals surface area contributed by atoms with E-state index in [4.69, 9.17) is 4.74 Å². The van der Waals surface area contributed by atoms with E-state index in [2.05, 4.69) is 10.6 Å². The number of nitrogens with one attached hydrogen (secondary N) is 2. The molecule has 0 saturated heterocycles. The van der Waals surface area contributed by atoms with E-state index in [0.29, 0.717) is 19.6 Å². The molecule has 20 heavy (non-hydrogen) atoms. The topological polar surface area (TPSA) is 50.4 Å². The van der Waals surface area contributed by atoms with Crippen molar-refractivity contribution in [1.82, 2.24) is 10.6 Å². The molecule has 0 aliphatic heterocycles. The minimum Gasteiger partial charge on any atom is -0.383 e. The Hall–Kier alpha value is -1.46. The number of benzene rings is 1. The van der Waals surface area contributed by atoms with Gasteiger partial charge >= 0.3 is 0 Å². The molecule has 0 heterocycles. The molecule has 0 aliphatic carbocycles. The zero-order valence-corrected chi connectivity index (χ0v) is 12.1. The third-order valence-corrected chi connectivity index (χ3v) is 3.04. The van der Waals surface area contributed by atoms with E-state index in [1.165, 1.54) is 12.1 Å². The van der Waals surface area contributed by atoms with Gasteiger partial charge in [-0.15, -0.1) is 0 Å². The predicted molar refractivity (Wildman–Crippen MR) is 77.2 cm³/mol. The van der Waals surface area contributed by atoms with Crippen LogP contribution in [0, 0.1) is 5.82 Å². The molecule has 0 fully saturated rings. The molecule has 1 aromatic rings. The number of carbonyl (C=O) groups is 1. The quantitative estimate of drug-likeness (QED) is 0.677. The second-order valence-corrected chi connectivity index (χ2v) is 4.75. The molecule has 2 N–H and O–H groups in total. The van der Waals surface area contributed by atoms with Crippen molar-refractivity contribution in [2.75, 3.05) is 33.4 Å². The number of hydrogen-bond acceptors (Lipinski definition) is 3. The molecule has 1 aromatic carbocycles. The molecule has 5 heteroatoms. The fourth-order valence-corrected chi connectivity index (χ4v) is 1.85. The Morgan fingerprint density at radius 3 is 2.60 bits per heavy atom. The summed E-state index contributed by atoms with van der Waals surface area (Å²) in [4.78, 5) is 11.7. The molecular formula is C15H23FN2O2. The monoisotopic (exact) mass is 282 g/mol. The van der Waals surface area contributed by atoms with Crippen LogP contribution in [0.15, 0.2) is 24.3 Å². The van der Waals surface area contributed by atoms with E-state index in [1.54, 1.807) is 19.2 Å². The first-order valence-electron chi connectivity index (χ1n) is 6.85. The van der Waals surface area contributed by atoms with Crippen LogP contribution in [-0.4, -0.2) is 39.3 Å². The lowest BCUT2D eigenvalue weighted by atomic mass is 9.97. The van der Waals surface area contributed by atoms with Crippen LogP contribution in [0.1, 0.15) is 24.8 Å². The smallest absolute Gasteiger partial charge is 0.220 e. The van der Waals surface area contributed by atoms with Gasteiger partial charge in [-0.05, 0) is 23.6 Å². The molecule has 0 aromatic heterocycles. The van der Waals surface area contributed by atoms with Crippen molar-refractivity contribution < 1.29 is 13.9 Å². The van der Waals surface area contributed by atoms with Gasteiger partial charge in [-0.3, -0.25) is 4.79 Å². The lowest BCUT2D eigenvalue weighted by Gasteiger charge is -2.12. The van der Waals surface area contributed by atoms with Gasteiger partial charge in [0.05, 0.1) is 6.61 Å². The summed E-state index contributed by atoms with van der Waals surface area (Å²) in [6.45, 7) is 4.72. The van der Waals surface area contributed by atoms with Crippen molar-refractivity contribution in [3.05, 3.63) is 35.6 Å². The van der Waals surface area contributed by atoms with E-state index >= 15 is 0 Å². The fraction of sp³-hybridized carbons (Fsp3) is 0.533. The van der Waals surface area contributed by atoms with E-state index in [9.17, 15) is 9.18 Å². The van der Waals surface area contributed by atoms with Gasteiger partial charge in [-0.25, -0.2) is 4.39 Å². The Labute approximate surface area is 119 Å². The van der Waals surface area contributed by atoms with Crippen molar-refractivity contribution in [1.29, 1.82) is 0 Å². The van der Waals surface area contributed by atoms with Crippen LogP contribution in [0.25, 0.3) is 0 Å². The Morgan fingerprint density at radius 1 is 1.25 bits per heavy atom. The standard InChI is InChI=1S/C15H23FN2O2/c1-12(13-3-5-14(16)6-4-13)11-15(19)18-8-7-17-9-10-20-2/h3-6,12,17H,7-11H2,1-2H3,(H,18,19). The minimum absolute atomic E-state index is 0.00960. The highest BCUT2D eigenvalue weighted by Crippen LogP contribution is 2.18. The first-order valence-corrected chi connectivity index (χ1v) is 6.85. The maximum atomic E-state index is 12.8. The number of halogens is 1. The van der Waals surface area contributed by atoms with Crippen molar-refractivity contribution in [2.24, 2.45) is 0 Å². The van der Waals surface area contributed by atoms with Crippen LogP contribution in [0.4, 0.5) is 4.39 Å². The highest BCUT2D eigenvalue weighted by molar-refractivity contribution is 5.76. The van der Waals surface area contributed by atoms with Gasteiger partial charge in [0, 0.05) is 33.2 Å². The van der Waals surface area contributed by atoms with Crippen LogP contribution < -0.4 is 10.6 Å². The van der Waals surface area contributed by atoms with Gasteiger partial charge < -0.3 is 15.4 Å². The highest BCUT2D eigenvalue weighted by atomic mass is 19.1.